The summed E-state index contributed by atoms with van der Waals surface area (Å²) in [6.07, 6.45) is -1.65. The Bertz CT molecular complexity index is 1060. The van der Waals surface area contributed by atoms with Crippen LogP contribution >= 0.6 is 0 Å². The van der Waals surface area contributed by atoms with Gasteiger partial charge in [-0.3, -0.25) is 14.0 Å². The predicted molar refractivity (Wildman–Crippen MR) is 97.1 cm³/mol. The highest BCUT2D eigenvalue weighted by atomic mass is 19.4. The number of carbonyl (C=O) groups excluding carboxylic acids is 2. The first-order valence-corrected chi connectivity index (χ1v) is 8.16. The number of anilines is 1. The van der Waals surface area contributed by atoms with Crippen LogP contribution in [0.15, 0.2) is 61.3 Å². The monoisotopic (exact) mass is 388 g/mol. The zero-order chi connectivity index (χ0) is 20.3. The molecule has 0 aliphatic heterocycles. The predicted octanol–water partition coefficient (Wildman–Crippen LogP) is 3.52. The van der Waals surface area contributed by atoms with Crippen LogP contribution in [0.3, 0.4) is 0 Å². The maximum Gasteiger partial charge on any atom is 0.418 e. The van der Waals surface area contributed by atoms with E-state index in [0.717, 1.165) is 12.1 Å². The van der Waals surface area contributed by atoms with Gasteiger partial charge in [-0.15, -0.1) is 6.58 Å². The highest BCUT2D eigenvalue weighted by molar-refractivity contribution is 6.06. The van der Waals surface area contributed by atoms with Crippen molar-refractivity contribution in [3.05, 3.63) is 78.4 Å². The number of hydrogen-bond donors (Lipinski definition) is 2. The van der Waals surface area contributed by atoms with Gasteiger partial charge in [0.05, 0.1) is 16.8 Å². The van der Waals surface area contributed by atoms with Gasteiger partial charge in [0.25, 0.3) is 11.8 Å². The number of para-hydroxylation sites is 1. The van der Waals surface area contributed by atoms with Gasteiger partial charge in [-0.05, 0) is 24.3 Å². The van der Waals surface area contributed by atoms with E-state index in [-0.39, 0.29) is 18.1 Å². The van der Waals surface area contributed by atoms with Gasteiger partial charge in [0, 0.05) is 12.7 Å². The SMILES string of the molecule is C=CCNC(=O)c1nc(C(=O)Nc2ccccc2C(F)(F)F)n2ccccc12. The second-order valence-electron chi connectivity index (χ2n) is 5.74. The molecule has 0 radical (unpaired) electrons. The third-order valence-electron chi connectivity index (χ3n) is 3.85. The molecule has 2 heterocycles. The molecule has 0 atom stereocenters. The van der Waals surface area contributed by atoms with Gasteiger partial charge in [0.15, 0.2) is 5.69 Å². The molecule has 0 bridgehead atoms. The molecule has 0 aliphatic rings. The van der Waals surface area contributed by atoms with Crippen LogP contribution in [0.2, 0.25) is 0 Å². The first kappa shape index (κ1) is 19.2. The van der Waals surface area contributed by atoms with Crippen molar-refractivity contribution >= 4 is 23.0 Å². The maximum absolute atomic E-state index is 13.1. The molecule has 0 aliphatic carbocycles. The number of aromatic nitrogens is 2. The topological polar surface area (TPSA) is 75.5 Å². The zero-order valence-corrected chi connectivity index (χ0v) is 14.5. The van der Waals surface area contributed by atoms with Crippen molar-refractivity contribution in [1.29, 1.82) is 0 Å². The number of amides is 2. The number of fused-ring (bicyclic) bond motifs is 1. The molecule has 0 fully saturated rings. The number of hydrogen-bond acceptors (Lipinski definition) is 3. The minimum absolute atomic E-state index is 0.0169. The van der Waals surface area contributed by atoms with Crippen LogP contribution in [0.1, 0.15) is 26.7 Å². The molecule has 28 heavy (non-hydrogen) atoms. The van der Waals surface area contributed by atoms with Gasteiger partial charge >= 0.3 is 6.18 Å². The summed E-state index contributed by atoms with van der Waals surface area (Å²) >= 11 is 0. The molecular weight excluding hydrogens is 373 g/mol. The molecular formula is C19H15F3N4O2. The quantitative estimate of drug-likeness (QED) is 0.657. The molecule has 2 amide bonds. The Morgan fingerprint density at radius 1 is 1.11 bits per heavy atom. The molecule has 0 spiro atoms. The summed E-state index contributed by atoms with van der Waals surface area (Å²) < 4.78 is 40.8. The van der Waals surface area contributed by atoms with Crippen molar-refractivity contribution in [3.63, 3.8) is 0 Å². The lowest BCUT2D eigenvalue weighted by Gasteiger charge is -2.13. The summed E-state index contributed by atoms with van der Waals surface area (Å²) in [6, 6.07) is 9.47. The number of alkyl halides is 3. The Hall–Kier alpha value is -3.62. The number of carbonyl (C=O) groups is 2. The number of nitrogens with one attached hydrogen (secondary N) is 2. The first-order valence-electron chi connectivity index (χ1n) is 8.16. The fraction of sp³-hybridized carbons (Fsp3) is 0.105. The van der Waals surface area contributed by atoms with Gasteiger partial charge in [-0.2, -0.15) is 13.2 Å². The van der Waals surface area contributed by atoms with Crippen molar-refractivity contribution in [2.45, 2.75) is 6.18 Å². The van der Waals surface area contributed by atoms with E-state index in [9.17, 15) is 22.8 Å². The average molecular weight is 388 g/mol. The molecule has 0 saturated heterocycles. The third kappa shape index (κ3) is 3.73. The minimum Gasteiger partial charge on any atom is -0.347 e. The van der Waals surface area contributed by atoms with Crippen LogP contribution in [-0.2, 0) is 6.18 Å². The summed E-state index contributed by atoms with van der Waals surface area (Å²) in [6.45, 7) is 3.70. The number of imidazole rings is 1. The summed E-state index contributed by atoms with van der Waals surface area (Å²) in [7, 11) is 0. The second kappa shape index (κ2) is 7.55. The van der Waals surface area contributed by atoms with Gasteiger partial charge in [0.1, 0.15) is 0 Å². The number of pyridine rings is 1. The lowest BCUT2D eigenvalue weighted by Crippen LogP contribution is -2.24. The van der Waals surface area contributed by atoms with Gasteiger partial charge in [-0.1, -0.05) is 24.3 Å². The van der Waals surface area contributed by atoms with Crippen molar-refractivity contribution in [2.24, 2.45) is 0 Å². The molecule has 144 valence electrons. The standard InChI is InChI=1S/C19H15F3N4O2/c1-2-10-23-17(27)15-14-9-5-6-11-26(14)16(25-15)18(28)24-13-8-4-3-7-12(13)19(20,21)22/h2-9,11H,1,10H2,(H,23,27)(H,24,28). The molecule has 3 aromatic rings. The highest BCUT2D eigenvalue weighted by Crippen LogP contribution is 2.34. The van der Waals surface area contributed by atoms with Gasteiger partial charge in [0.2, 0.25) is 5.82 Å². The van der Waals surface area contributed by atoms with E-state index in [4.69, 9.17) is 0 Å². The Labute approximate surface area is 157 Å². The summed E-state index contributed by atoms with van der Waals surface area (Å²) in [4.78, 5) is 29.0. The number of rotatable bonds is 5. The molecule has 0 unspecified atom stereocenters. The minimum atomic E-state index is -4.63. The number of halogens is 3. The maximum atomic E-state index is 13.1. The van der Waals surface area contributed by atoms with Gasteiger partial charge in [-0.25, -0.2) is 4.98 Å². The second-order valence-corrected chi connectivity index (χ2v) is 5.74. The average Bonchev–Trinajstić information content (AvgIpc) is 3.05. The largest absolute Gasteiger partial charge is 0.418 e. The number of nitrogens with zero attached hydrogens (tertiary/aromatic N) is 2. The fourth-order valence-electron chi connectivity index (χ4n) is 2.63. The van der Waals surface area contributed by atoms with Crippen molar-refractivity contribution in [1.82, 2.24) is 14.7 Å². The van der Waals surface area contributed by atoms with E-state index in [2.05, 4.69) is 22.2 Å². The molecule has 2 aromatic heterocycles. The fourth-order valence-corrected chi connectivity index (χ4v) is 2.63. The van der Waals surface area contributed by atoms with Crippen LogP contribution in [0.25, 0.3) is 5.52 Å². The van der Waals surface area contributed by atoms with E-state index in [1.807, 2.05) is 0 Å². The van der Waals surface area contributed by atoms with Crippen LogP contribution < -0.4 is 10.6 Å². The number of benzene rings is 1. The molecule has 9 heteroatoms. The van der Waals surface area contributed by atoms with E-state index >= 15 is 0 Å². The molecule has 3 rings (SSSR count). The van der Waals surface area contributed by atoms with Crippen molar-refractivity contribution in [3.8, 4) is 0 Å². The normalized spacial score (nSPS) is 11.2. The summed E-state index contributed by atoms with van der Waals surface area (Å²) in [5, 5.41) is 4.79. The Balaban J connectivity index is 2.00. The Morgan fingerprint density at radius 3 is 2.54 bits per heavy atom. The van der Waals surface area contributed by atoms with Crippen molar-refractivity contribution in [2.75, 3.05) is 11.9 Å². The van der Waals surface area contributed by atoms with Crippen LogP contribution in [-0.4, -0.2) is 27.7 Å². The Morgan fingerprint density at radius 2 is 1.82 bits per heavy atom. The van der Waals surface area contributed by atoms with E-state index in [0.29, 0.717) is 5.52 Å². The van der Waals surface area contributed by atoms with E-state index in [1.165, 1.54) is 28.8 Å². The van der Waals surface area contributed by atoms with Crippen LogP contribution in [0.4, 0.5) is 18.9 Å². The molecule has 0 saturated carbocycles. The molecule has 1 aromatic carbocycles. The first-order chi connectivity index (χ1) is 13.3. The summed E-state index contributed by atoms with van der Waals surface area (Å²) in [5.41, 5.74) is -1.05. The third-order valence-corrected chi connectivity index (χ3v) is 3.85. The molecule has 6 nitrogen and oxygen atoms in total. The molecule has 2 N–H and O–H groups in total. The van der Waals surface area contributed by atoms with Gasteiger partial charge < -0.3 is 10.6 Å². The smallest absolute Gasteiger partial charge is 0.347 e. The van der Waals surface area contributed by atoms with E-state index < -0.39 is 29.2 Å². The lowest BCUT2D eigenvalue weighted by molar-refractivity contribution is -0.136. The Kier molecular flexibility index (Phi) is 5.16. The zero-order valence-electron chi connectivity index (χ0n) is 14.5. The highest BCUT2D eigenvalue weighted by Gasteiger charge is 2.34. The van der Waals surface area contributed by atoms with Crippen LogP contribution in [0.5, 0.6) is 0 Å². The summed E-state index contributed by atoms with van der Waals surface area (Å²) in [5.74, 6) is -1.62. The van der Waals surface area contributed by atoms with Crippen LogP contribution in [0, 0.1) is 0 Å². The van der Waals surface area contributed by atoms with E-state index in [1.54, 1.807) is 18.2 Å². The lowest BCUT2D eigenvalue weighted by atomic mass is 10.1. The van der Waals surface area contributed by atoms with Crippen molar-refractivity contribution < 1.29 is 22.8 Å².